The molecular weight excluding hydrogens is 183 g/mol. The minimum atomic E-state index is 0.709. The van der Waals surface area contributed by atoms with Gasteiger partial charge in [-0.05, 0) is 18.6 Å². The fraction of sp³-hybridized carbons (Fsp3) is 0.273. The van der Waals surface area contributed by atoms with Gasteiger partial charge in [-0.3, -0.25) is 0 Å². The van der Waals surface area contributed by atoms with Gasteiger partial charge in [0.15, 0.2) is 0 Å². The molecule has 0 nitrogen and oxygen atoms in total. The Morgan fingerprint density at radius 1 is 1.38 bits per heavy atom. The molecule has 0 amide bonds. The maximum atomic E-state index is 12.3. The first kappa shape index (κ1) is 10.3. The monoisotopic (exact) mass is 196 g/mol. The van der Waals surface area contributed by atoms with Gasteiger partial charge in [-0.15, -0.1) is 0 Å². The van der Waals surface area contributed by atoms with Crippen LogP contribution in [0.3, 0.4) is 0 Å². The highest BCUT2D eigenvalue weighted by Gasteiger charge is 1.98. The van der Waals surface area contributed by atoms with Crippen molar-refractivity contribution >= 4 is 11.8 Å². The molecule has 0 aromatic heterocycles. The van der Waals surface area contributed by atoms with Gasteiger partial charge in [0.2, 0.25) is 0 Å². The van der Waals surface area contributed by atoms with E-state index in [0.717, 1.165) is 22.6 Å². The van der Waals surface area contributed by atoms with Crippen LogP contribution in [0.15, 0.2) is 46.5 Å². The topological polar surface area (TPSA) is 0 Å². The number of benzene rings is 1. The normalized spacial score (nSPS) is 11.7. The Kier molecular flexibility index (Phi) is 4.61. The summed E-state index contributed by atoms with van der Waals surface area (Å²) >= 11 is 1.50. The zero-order valence-corrected chi connectivity index (χ0v) is 8.48. The molecule has 0 saturated carbocycles. The molecular formula is C11H13FS. The SMILES string of the molecule is CCC/C(=C\F)Sc1ccccc1. The van der Waals surface area contributed by atoms with Gasteiger partial charge >= 0.3 is 0 Å². The number of halogens is 1. The molecule has 1 aromatic rings. The molecule has 13 heavy (non-hydrogen) atoms. The smallest absolute Gasteiger partial charge is 0.0965 e. The standard InChI is InChI=1S/C11H13FS/c1-2-6-11(9-12)13-10-7-4-3-5-8-10/h3-5,7-9H,2,6H2,1H3/b11-9+. The number of rotatable bonds is 4. The Bertz CT molecular complexity index is 267. The van der Waals surface area contributed by atoms with E-state index in [2.05, 4.69) is 6.92 Å². The van der Waals surface area contributed by atoms with Gasteiger partial charge in [0, 0.05) is 9.80 Å². The van der Waals surface area contributed by atoms with Gasteiger partial charge in [-0.25, -0.2) is 4.39 Å². The molecule has 0 bridgehead atoms. The summed E-state index contributed by atoms with van der Waals surface area (Å²) in [5.41, 5.74) is 0. The Morgan fingerprint density at radius 3 is 2.62 bits per heavy atom. The van der Waals surface area contributed by atoms with Crippen molar-refractivity contribution in [2.45, 2.75) is 24.7 Å². The van der Waals surface area contributed by atoms with Crippen molar-refractivity contribution in [3.05, 3.63) is 41.6 Å². The minimum absolute atomic E-state index is 0.709. The first-order valence-corrected chi connectivity index (χ1v) is 5.20. The van der Waals surface area contributed by atoms with Gasteiger partial charge in [-0.1, -0.05) is 43.3 Å². The average Bonchev–Trinajstić information content (AvgIpc) is 2.19. The van der Waals surface area contributed by atoms with Crippen molar-refractivity contribution < 1.29 is 4.39 Å². The zero-order chi connectivity index (χ0) is 9.52. The highest BCUT2D eigenvalue weighted by atomic mass is 32.2. The molecule has 0 unspecified atom stereocenters. The average molecular weight is 196 g/mol. The fourth-order valence-electron chi connectivity index (χ4n) is 1.01. The van der Waals surface area contributed by atoms with Gasteiger partial charge in [0.25, 0.3) is 0 Å². The highest BCUT2D eigenvalue weighted by Crippen LogP contribution is 2.29. The molecule has 0 aliphatic heterocycles. The van der Waals surface area contributed by atoms with E-state index in [-0.39, 0.29) is 0 Å². The van der Waals surface area contributed by atoms with Crippen LogP contribution in [-0.4, -0.2) is 0 Å². The molecule has 0 aliphatic carbocycles. The third-order valence-electron chi connectivity index (χ3n) is 1.61. The summed E-state index contributed by atoms with van der Waals surface area (Å²) in [5, 5.41) is 0. The van der Waals surface area contributed by atoms with Crippen molar-refractivity contribution in [2.75, 3.05) is 0 Å². The van der Waals surface area contributed by atoms with E-state index in [1.165, 1.54) is 11.8 Å². The first-order valence-electron chi connectivity index (χ1n) is 4.39. The molecule has 1 rings (SSSR count). The molecule has 0 atom stereocenters. The Morgan fingerprint density at radius 2 is 2.08 bits per heavy atom. The molecule has 0 aliphatic rings. The molecule has 0 fully saturated rings. The maximum absolute atomic E-state index is 12.3. The lowest BCUT2D eigenvalue weighted by Gasteiger charge is -2.02. The van der Waals surface area contributed by atoms with Crippen LogP contribution in [0.5, 0.6) is 0 Å². The summed E-state index contributed by atoms with van der Waals surface area (Å²) in [6, 6.07) is 9.87. The third kappa shape index (κ3) is 3.64. The van der Waals surface area contributed by atoms with Crippen molar-refractivity contribution in [1.82, 2.24) is 0 Å². The molecule has 0 heterocycles. The summed E-state index contributed by atoms with van der Waals surface area (Å²) in [6.45, 7) is 2.05. The predicted octanol–water partition coefficient (Wildman–Crippen LogP) is 4.39. The van der Waals surface area contributed by atoms with E-state index < -0.39 is 0 Å². The van der Waals surface area contributed by atoms with Crippen LogP contribution in [0.2, 0.25) is 0 Å². The highest BCUT2D eigenvalue weighted by molar-refractivity contribution is 8.03. The number of hydrogen-bond acceptors (Lipinski definition) is 1. The molecule has 0 N–H and O–H groups in total. The largest absolute Gasteiger partial charge is 0.215 e. The Balaban J connectivity index is 2.58. The molecule has 2 heteroatoms. The van der Waals surface area contributed by atoms with E-state index in [4.69, 9.17) is 0 Å². The summed E-state index contributed by atoms with van der Waals surface area (Å²) in [4.78, 5) is 1.90. The summed E-state index contributed by atoms with van der Waals surface area (Å²) in [5.74, 6) is 0. The van der Waals surface area contributed by atoms with Crippen LogP contribution in [0.1, 0.15) is 19.8 Å². The molecule has 0 spiro atoms. The maximum Gasteiger partial charge on any atom is 0.0965 e. The summed E-state index contributed by atoms with van der Waals surface area (Å²) < 4.78 is 12.3. The second-order valence-corrected chi connectivity index (χ2v) is 3.94. The van der Waals surface area contributed by atoms with Crippen LogP contribution >= 0.6 is 11.8 Å². The fourth-order valence-corrected chi connectivity index (χ4v) is 1.96. The van der Waals surface area contributed by atoms with Crippen molar-refractivity contribution in [2.24, 2.45) is 0 Å². The van der Waals surface area contributed by atoms with Crippen molar-refractivity contribution in [3.63, 3.8) is 0 Å². The Labute approximate surface area is 82.9 Å². The molecule has 0 saturated heterocycles. The molecule has 70 valence electrons. The second-order valence-electron chi connectivity index (χ2n) is 2.74. The van der Waals surface area contributed by atoms with Gasteiger partial charge in [0.1, 0.15) is 0 Å². The zero-order valence-electron chi connectivity index (χ0n) is 7.66. The number of allylic oxidation sites excluding steroid dienone is 1. The van der Waals surface area contributed by atoms with E-state index in [1.54, 1.807) is 0 Å². The minimum Gasteiger partial charge on any atom is -0.215 e. The van der Waals surface area contributed by atoms with Crippen molar-refractivity contribution in [1.29, 1.82) is 0 Å². The van der Waals surface area contributed by atoms with Crippen molar-refractivity contribution in [3.8, 4) is 0 Å². The van der Waals surface area contributed by atoms with E-state index in [1.807, 2.05) is 30.3 Å². The van der Waals surface area contributed by atoms with Crippen LogP contribution in [0.4, 0.5) is 4.39 Å². The van der Waals surface area contributed by atoms with Gasteiger partial charge in [0.05, 0.1) is 6.33 Å². The summed E-state index contributed by atoms with van der Waals surface area (Å²) in [7, 11) is 0. The lowest BCUT2D eigenvalue weighted by molar-refractivity contribution is 0.708. The van der Waals surface area contributed by atoms with Gasteiger partial charge in [-0.2, -0.15) is 0 Å². The van der Waals surface area contributed by atoms with Crippen LogP contribution < -0.4 is 0 Å². The first-order chi connectivity index (χ1) is 6.36. The Hall–Kier alpha value is -0.760. The van der Waals surface area contributed by atoms with Crippen LogP contribution in [0.25, 0.3) is 0 Å². The quantitative estimate of drug-likeness (QED) is 0.643. The lowest BCUT2D eigenvalue weighted by Crippen LogP contribution is -1.76. The van der Waals surface area contributed by atoms with E-state index in [0.29, 0.717) is 6.33 Å². The third-order valence-corrected chi connectivity index (χ3v) is 2.67. The van der Waals surface area contributed by atoms with Gasteiger partial charge < -0.3 is 0 Å². The molecule has 1 aromatic carbocycles. The van der Waals surface area contributed by atoms with E-state index >= 15 is 0 Å². The van der Waals surface area contributed by atoms with Crippen LogP contribution in [-0.2, 0) is 0 Å². The molecule has 0 radical (unpaired) electrons. The number of hydrogen-bond donors (Lipinski definition) is 0. The lowest BCUT2D eigenvalue weighted by atomic mass is 10.3. The van der Waals surface area contributed by atoms with E-state index in [9.17, 15) is 4.39 Å². The summed E-state index contributed by atoms with van der Waals surface area (Å²) in [6.07, 6.45) is 2.51. The predicted molar refractivity (Wildman–Crippen MR) is 56.4 cm³/mol. The second kappa shape index (κ2) is 5.81. The number of thioether (sulfide) groups is 1. The van der Waals surface area contributed by atoms with Crippen LogP contribution in [0, 0.1) is 0 Å².